The van der Waals surface area contributed by atoms with E-state index in [1.165, 1.54) is 0 Å². The maximum Gasteiger partial charge on any atom is 0.354 e. The van der Waals surface area contributed by atoms with Crippen molar-refractivity contribution in [2.75, 3.05) is 19.5 Å². The molecule has 0 saturated carbocycles. The Bertz CT molecular complexity index is 652. The van der Waals surface area contributed by atoms with Gasteiger partial charge in [0.05, 0.1) is 36.6 Å². The van der Waals surface area contributed by atoms with Crippen LogP contribution in [-0.4, -0.2) is 26.2 Å². The molecule has 6 nitrogen and oxygen atoms in total. The molecule has 0 bridgehead atoms. The lowest BCUT2D eigenvalue weighted by Gasteiger charge is -2.11. The third kappa shape index (κ3) is 4.19. The molecule has 0 unspecified atom stereocenters. The Morgan fingerprint density at radius 3 is 2.57 bits per heavy atom. The highest BCUT2D eigenvalue weighted by molar-refractivity contribution is 6.31. The van der Waals surface area contributed by atoms with Gasteiger partial charge in [-0.1, -0.05) is 11.6 Å². The molecule has 110 valence electrons. The van der Waals surface area contributed by atoms with Gasteiger partial charge in [0.1, 0.15) is 17.6 Å². The number of nitrogens with one attached hydrogen (secondary N) is 1. The summed E-state index contributed by atoms with van der Waals surface area (Å²) in [5.41, 5.74) is -0.372. The lowest BCUT2D eigenvalue weighted by molar-refractivity contribution is -0.138. The smallest absolute Gasteiger partial charge is 0.354 e. The van der Waals surface area contributed by atoms with E-state index in [-0.39, 0.29) is 22.0 Å². The predicted molar refractivity (Wildman–Crippen MR) is 71.9 cm³/mol. The number of benzene rings is 1. The summed E-state index contributed by atoms with van der Waals surface area (Å²) in [7, 11) is 2.22. The number of nitrogens with zero attached hydrogens (tertiary/aromatic N) is 1. The molecule has 0 aliphatic carbocycles. The quantitative estimate of drug-likeness (QED) is 0.675. The van der Waals surface area contributed by atoms with Crippen molar-refractivity contribution < 1.29 is 23.5 Å². The van der Waals surface area contributed by atoms with E-state index in [2.05, 4.69) is 14.8 Å². The van der Waals surface area contributed by atoms with Crippen molar-refractivity contribution >= 4 is 29.2 Å². The molecule has 0 radical (unpaired) electrons. The van der Waals surface area contributed by atoms with Crippen molar-refractivity contribution in [1.82, 2.24) is 0 Å². The van der Waals surface area contributed by atoms with Gasteiger partial charge in [-0.15, -0.1) is 0 Å². The second kappa shape index (κ2) is 7.26. The summed E-state index contributed by atoms with van der Waals surface area (Å²) in [6, 6.07) is 3.80. The van der Waals surface area contributed by atoms with Crippen LogP contribution in [0.25, 0.3) is 0 Å². The SMILES string of the molecule is COC(=O)/C=C(/Nc1cc(F)c(Cl)cc1C#N)C(=O)OC. The van der Waals surface area contributed by atoms with Crippen molar-refractivity contribution in [3.63, 3.8) is 0 Å². The molecule has 0 heterocycles. The van der Waals surface area contributed by atoms with Gasteiger partial charge in [0, 0.05) is 6.07 Å². The Hall–Kier alpha value is -2.59. The lowest BCUT2D eigenvalue weighted by atomic mass is 10.2. The summed E-state index contributed by atoms with van der Waals surface area (Å²) in [5, 5.41) is 11.2. The fourth-order valence-corrected chi connectivity index (χ4v) is 1.48. The zero-order valence-electron chi connectivity index (χ0n) is 11.1. The number of anilines is 1. The Morgan fingerprint density at radius 1 is 1.38 bits per heavy atom. The number of halogens is 2. The molecule has 1 rings (SSSR count). The van der Waals surface area contributed by atoms with E-state index >= 15 is 0 Å². The number of carbonyl (C=O) groups excluding carboxylic acids is 2. The number of methoxy groups -OCH3 is 2. The first-order valence-electron chi connectivity index (χ1n) is 5.47. The summed E-state index contributed by atoms with van der Waals surface area (Å²) < 4.78 is 22.3. The van der Waals surface area contributed by atoms with Crippen LogP contribution in [0.2, 0.25) is 5.02 Å². The Balaban J connectivity index is 3.24. The third-order valence-corrected chi connectivity index (χ3v) is 2.61. The molecule has 1 aromatic carbocycles. The molecule has 0 fully saturated rings. The Labute approximate surface area is 124 Å². The zero-order chi connectivity index (χ0) is 16.0. The van der Waals surface area contributed by atoms with Gasteiger partial charge in [0.15, 0.2) is 0 Å². The van der Waals surface area contributed by atoms with Crippen LogP contribution in [0.5, 0.6) is 0 Å². The van der Waals surface area contributed by atoms with Gasteiger partial charge < -0.3 is 14.8 Å². The topological polar surface area (TPSA) is 88.4 Å². The standard InChI is InChI=1S/C13H10ClFN2O4/c1-20-12(18)5-11(13(19)21-2)17-10-4-9(15)8(14)3-7(10)6-16/h3-5,17H,1-2H3/b11-5+. The number of ether oxygens (including phenoxy) is 2. The van der Waals surface area contributed by atoms with E-state index in [4.69, 9.17) is 16.9 Å². The summed E-state index contributed by atoms with van der Waals surface area (Å²) in [5.74, 6) is -2.50. The number of rotatable bonds is 4. The van der Waals surface area contributed by atoms with Crippen molar-refractivity contribution in [2.45, 2.75) is 0 Å². The molecule has 0 spiro atoms. The summed E-state index contributed by atoms with van der Waals surface area (Å²) in [4.78, 5) is 22.8. The number of hydrogen-bond acceptors (Lipinski definition) is 6. The van der Waals surface area contributed by atoms with Crippen LogP contribution in [0.4, 0.5) is 10.1 Å². The van der Waals surface area contributed by atoms with Crippen LogP contribution in [0.15, 0.2) is 23.9 Å². The van der Waals surface area contributed by atoms with Gasteiger partial charge in [-0.25, -0.2) is 14.0 Å². The molecule has 0 atom stereocenters. The normalized spacial score (nSPS) is 10.5. The fourth-order valence-electron chi connectivity index (χ4n) is 1.32. The highest BCUT2D eigenvalue weighted by Gasteiger charge is 2.16. The van der Waals surface area contributed by atoms with Crippen molar-refractivity contribution in [3.8, 4) is 6.07 Å². The van der Waals surface area contributed by atoms with Gasteiger partial charge in [-0.2, -0.15) is 5.26 Å². The van der Waals surface area contributed by atoms with Crippen LogP contribution < -0.4 is 5.32 Å². The highest BCUT2D eigenvalue weighted by Crippen LogP contribution is 2.25. The molecule has 1 N–H and O–H groups in total. The number of hydrogen-bond donors (Lipinski definition) is 1. The molecule has 0 aromatic heterocycles. The van der Waals surface area contributed by atoms with E-state index in [1.807, 2.05) is 0 Å². The van der Waals surface area contributed by atoms with Crippen LogP contribution in [0.3, 0.4) is 0 Å². The first kappa shape index (κ1) is 16.5. The molecule has 0 aliphatic rings. The van der Waals surface area contributed by atoms with E-state index in [0.717, 1.165) is 32.4 Å². The minimum Gasteiger partial charge on any atom is -0.466 e. The molecule has 0 amide bonds. The first-order chi connectivity index (χ1) is 9.92. The number of esters is 2. The van der Waals surface area contributed by atoms with E-state index < -0.39 is 17.8 Å². The van der Waals surface area contributed by atoms with E-state index in [9.17, 15) is 14.0 Å². The maximum atomic E-state index is 13.4. The molecule has 0 aliphatic heterocycles. The van der Waals surface area contributed by atoms with E-state index in [0.29, 0.717) is 0 Å². The van der Waals surface area contributed by atoms with Crippen LogP contribution >= 0.6 is 11.6 Å². The van der Waals surface area contributed by atoms with Gasteiger partial charge in [0.25, 0.3) is 0 Å². The summed E-state index contributed by atoms with van der Waals surface area (Å²) in [6.07, 6.45) is 0.819. The van der Waals surface area contributed by atoms with Crippen LogP contribution in [0.1, 0.15) is 5.56 Å². The van der Waals surface area contributed by atoms with Crippen molar-refractivity contribution in [2.24, 2.45) is 0 Å². The molecule has 1 aromatic rings. The highest BCUT2D eigenvalue weighted by atomic mass is 35.5. The maximum absolute atomic E-state index is 13.4. The Kier molecular flexibility index (Phi) is 5.69. The second-order valence-corrected chi connectivity index (χ2v) is 4.03. The van der Waals surface area contributed by atoms with E-state index in [1.54, 1.807) is 6.07 Å². The van der Waals surface area contributed by atoms with Gasteiger partial charge in [-0.3, -0.25) is 0 Å². The molecule has 0 saturated heterocycles. The third-order valence-electron chi connectivity index (χ3n) is 2.32. The van der Waals surface area contributed by atoms with Gasteiger partial charge in [0.2, 0.25) is 0 Å². The van der Waals surface area contributed by atoms with Crippen molar-refractivity contribution in [3.05, 3.63) is 40.3 Å². The number of carbonyl (C=O) groups is 2. The Morgan fingerprint density at radius 2 is 2.05 bits per heavy atom. The fraction of sp³-hybridized carbons (Fsp3) is 0.154. The molecule has 21 heavy (non-hydrogen) atoms. The van der Waals surface area contributed by atoms with Crippen LogP contribution in [-0.2, 0) is 19.1 Å². The molecule has 8 heteroatoms. The zero-order valence-corrected chi connectivity index (χ0v) is 11.8. The summed E-state index contributed by atoms with van der Waals surface area (Å²) in [6.45, 7) is 0. The monoisotopic (exact) mass is 312 g/mol. The second-order valence-electron chi connectivity index (χ2n) is 3.62. The molecular weight excluding hydrogens is 303 g/mol. The largest absolute Gasteiger partial charge is 0.466 e. The summed E-state index contributed by atoms with van der Waals surface area (Å²) >= 11 is 5.56. The average Bonchev–Trinajstić information content (AvgIpc) is 2.48. The predicted octanol–water partition coefficient (Wildman–Crippen LogP) is 1.99. The minimum atomic E-state index is -0.889. The van der Waals surface area contributed by atoms with Gasteiger partial charge in [-0.05, 0) is 6.07 Å². The molecular formula is C13H10ClFN2O4. The van der Waals surface area contributed by atoms with Gasteiger partial charge >= 0.3 is 11.9 Å². The van der Waals surface area contributed by atoms with Crippen molar-refractivity contribution in [1.29, 1.82) is 5.26 Å². The van der Waals surface area contributed by atoms with Crippen LogP contribution in [0, 0.1) is 17.1 Å². The minimum absolute atomic E-state index is 0.0129. The average molecular weight is 313 g/mol. The first-order valence-corrected chi connectivity index (χ1v) is 5.84. The lowest BCUT2D eigenvalue weighted by Crippen LogP contribution is -2.16. The number of nitriles is 1.